The zero-order valence-electron chi connectivity index (χ0n) is 9.22. The summed E-state index contributed by atoms with van der Waals surface area (Å²) in [5, 5.41) is 16.1. The van der Waals surface area contributed by atoms with E-state index in [1.807, 2.05) is 6.92 Å². The Kier molecular flexibility index (Phi) is 4.87. The summed E-state index contributed by atoms with van der Waals surface area (Å²) >= 11 is 0. The van der Waals surface area contributed by atoms with Gasteiger partial charge in [-0.05, 0) is 6.42 Å². The normalized spacial score (nSPS) is 10.6. The molecule has 0 radical (unpaired) electrons. The Bertz CT molecular complexity index is 351. The van der Waals surface area contributed by atoms with Crippen LogP contribution < -0.4 is 5.73 Å². The van der Waals surface area contributed by atoms with Crippen molar-refractivity contribution in [1.82, 2.24) is 15.0 Å². The van der Waals surface area contributed by atoms with Crippen molar-refractivity contribution in [3.05, 3.63) is 11.4 Å². The van der Waals surface area contributed by atoms with Gasteiger partial charge >= 0.3 is 0 Å². The molecule has 1 heterocycles. The van der Waals surface area contributed by atoms with Gasteiger partial charge in [-0.2, -0.15) is 0 Å². The number of hydrogen-bond acceptors (Lipinski definition) is 5. The van der Waals surface area contributed by atoms with Crippen molar-refractivity contribution in [3.63, 3.8) is 0 Å². The van der Waals surface area contributed by atoms with E-state index in [0.29, 0.717) is 31.9 Å². The number of carbonyl (C=O) groups is 1. The van der Waals surface area contributed by atoms with Crippen LogP contribution in [0.4, 0.5) is 0 Å². The van der Waals surface area contributed by atoms with Crippen molar-refractivity contribution >= 4 is 5.91 Å². The fraction of sp³-hybridized carbons (Fsp3) is 0.667. The second kappa shape index (κ2) is 6.19. The van der Waals surface area contributed by atoms with E-state index < -0.39 is 5.91 Å². The molecule has 0 spiro atoms. The molecule has 0 fully saturated rings. The number of hydrogen-bond donors (Lipinski definition) is 2. The van der Waals surface area contributed by atoms with Crippen molar-refractivity contribution in [2.45, 2.75) is 19.9 Å². The first kappa shape index (κ1) is 12.6. The van der Waals surface area contributed by atoms with Gasteiger partial charge in [-0.25, -0.2) is 4.68 Å². The maximum atomic E-state index is 11.0. The Labute approximate surface area is 93.2 Å². The van der Waals surface area contributed by atoms with E-state index in [1.54, 1.807) is 4.68 Å². The van der Waals surface area contributed by atoms with E-state index in [0.717, 1.165) is 0 Å². The summed E-state index contributed by atoms with van der Waals surface area (Å²) in [6.07, 6.45) is 0.630. The topological polar surface area (TPSA) is 103 Å². The minimum atomic E-state index is -0.570. The highest BCUT2D eigenvalue weighted by molar-refractivity contribution is 5.91. The lowest BCUT2D eigenvalue weighted by Crippen LogP contribution is -2.16. The maximum Gasteiger partial charge on any atom is 0.271 e. The highest BCUT2D eigenvalue weighted by Gasteiger charge is 2.15. The fourth-order valence-electron chi connectivity index (χ4n) is 1.37. The number of nitrogens with zero attached hydrogens (tertiary/aromatic N) is 3. The van der Waals surface area contributed by atoms with Crippen LogP contribution in [0.3, 0.4) is 0 Å². The Morgan fingerprint density at radius 3 is 2.88 bits per heavy atom. The Morgan fingerprint density at radius 1 is 1.56 bits per heavy atom. The Morgan fingerprint density at radius 2 is 2.31 bits per heavy atom. The number of aromatic nitrogens is 3. The van der Waals surface area contributed by atoms with Crippen molar-refractivity contribution < 1.29 is 14.6 Å². The van der Waals surface area contributed by atoms with Crippen LogP contribution in [0.2, 0.25) is 0 Å². The van der Waals surface area contributed by atoms with Crippen LogP contribution in [0.15, 0.2) is 0 Å². The minimum absolute atomic E-state index is 0.00940. The van der Waals surface area contributed by atoms with E-state index in [2.05, 4.69) is 10.3 Å². The van der Waals surface area contributed by atoms with Gasteiger partial charge in [0, 0.05) is 0 Å². The van der Waals surface area contributed by atoms with E-state index >= 15 is 0 Å². The molecule has 0 aliphatic heterocycles. The average molecular weight is 228 g/mol. The first-order chi connectivity index (χ1) is 7.70. The van der Waals surface area contributed by atoms with Gasteiger partial charge in [0.1, 0.15) is 0 Å². The van der Waals surface area contributed by atoms with E-state index in [9.17, 15) is 4.79 Å². The number of rotatable bonds is 7. The van der Waals surface area contributed by atoms with Crippen LogP contribution in [-0.2, 0) is 17.7 Å². The van der Waals surface area contributed by atoms with Crippen molar-refractivity contribution in [3.8, 4) is 0 Å². The lowest BCUT2D eigenvalue weighted by atomic mass is 10.2. The predicted octanol–water partition coefficient (Wildman–Crippen LogP) is -1.05. The highest BCUT2D eigenvalue weighted by atomic mass is 16.5. The van der Waals surface area contributed by atoms with Gasteiger partial charge < -0.3 is 15.6 Å². The summed E-state index contributed by atoms with van der Waals surface area (Å²) in [6.45, 7) is 3.08. The first-order valence-electron chi connectivity index (χ1n) is 5.11. The molecule has 1 aromatic rings. The van der Waals surface area contributed by atoms with Gasteiger partial charge in [0.05, 0.1) is 32.1 Å². The van der Waals surface area contributed by atoms with Gasteiger partial charge in [0.15, 0.2) is 5.69 Å². The molecule has 3 N–H and O–H groups in total. The zero-order chi connectivity index (χ0) is 12.0. The summed E-state index contributed by atoms with van der Waals surface area (Å²) < 4.78 is 6.70. The quantitative estimate of drug-likeness (QED) is 0.579. The molecule has 0 bridgehead atoms. The second-order valence-electron chi connectivity index (χ2n) is 3.16. The molecular formula is C9H16N4O3. The SMILES string of the molecule is CCc1c(C(N)=O)nnn1CCOCCO. The molecule has 0 saturated heterocycles. The zero-order valence-corrected chi connectivity index (χ0v) is 9.22. The molecule has 90 valence electrons. The molecule has 0 saturated carbocycles. The summed E-state index contributed by atoms with van der Waals surface area (Å²) in [4.78, 5) is 11.0. The molecule has 7 nitrogen and oxygen atoms in total. The van der Waals surface area contributed by atoms with Gasteiger partial charge in [-0.15, -0.1) is 5.10 Å². The number of aliphatic hydroxyl groups is 1. The highest BCUT2D eigenvalue weighted by Crippen LogP contribution is 2.05. The summed E-state index contributed by atoms with van der Waals surface area (Å²) in [6, 6.07) is 0. The van der Waals surface area contributed by atoms with E-state index in [4.69, 9.17) is 15.6 Å². The van der Waals surface area contributed by atoms with E-state index in [1.165, 1.54) is 0 Å². The van der Waals surface area contributed by atoms with Crippen LogP contribution in [-0.4, -0.2) is 45.8 Å². The van der Waals surface area contributed by atoms with Crippen molar-refractivity contribution in [2.75, 3.05) is 19.8 Å². The fourth-order valence-corrected chi connectivity index (χ4v) is 1.37. The molecule has 0 aliphatic carbocycles. The average Bonchev–Trinajstić information content (AvgIpc) is 2.67. The molecule has 0 aliphatic rings. The standard InChI is InChI=1S/C9H16N4O3/c1-2-7-8(9(10)15)11-12-13(7)3-5-16-6-4-14/h14H,2-6H2,1H3,(H2,10,15). The molecule has 1 rings (SSSR count). The monoisotopic (exact) mass is 228 g/mol. The summed E-state index contributed by atoms with van der Waals surface area (Å²) in [5.41, 5.74) is 6.08. The number of aliphatic hydroxyl groups excluding tert-OH is 1. The van der Waals surface area contributed by atoms with Crippen LogP contribution in [0.25, 0.3) is 0 Å². The molecular weight excluding hydrogens is 212 g/mol. The van der Waals surface area contributed by atoms with Crippen LogP contribution >= 0.6 is 0 Å². The van der Waals surface area contributed by atoms with Gasteiger partial charge in [-0.1, -0.05) is 12.1 Å². The summed E-state index contributed by atoms with van der Waals surface area (Å²) in [7, 11) is 0. The number of primary amides is 1. The van der Waals surface area contributed by atoms with Gasteiger partial charge in [-0.3, -0.25) is 4.79 Å². The van der Waals surface area contributed by atoms with Crippen molar-refractivity contribution in [2.24, 2.45) is 5.73 Å². The predicted molar refractivity (Wildman–Crippen MR) is 55.8 cm³/mol. The molecule has 1 aromatic heterocycles. The van der Waals surface area contributed by atoms with Crippen LogP contribution in [0, 0.1) is 0 Å². The number of carbonyl (C=O) groups excluding carboxylic acids is 1. The largest absolute Gasteiger partial charge is 0.394 e. The number of ether oxygens (including phenoxy) is 1. The van der Waals surface area contributed by atoms with E-state index in [-0.39, 0.29) is 12.3 Å². The molecule has 16 heavy (non-hydrogen) atoms. The number of amides is 1. The van der Waals surface area contributed by atoms with Gasteiger partial charge in [0.25, 0.3) is 5.91 Å². The van der Waals surface area contributed by atoms with Crippen LogP contribution in [0.1, 0.15) is 23.1 Å². The minimum Gasteiger partial charge on any atom is -0.394 e. The summed E-state index contributed by atoms with van der Waals surface area (Å²) in [5.74, 6) is -0.570. The molecule has 0 aromatic carbocycles. The third kappa shape index (κ3) is 3.01. The van der Waals surface area contributed by atoms with Crippen molar-refractivity contribution in [1.29, 1.82) is 0 Å². The molecule has 1 amide bonds. The number of nitrogens with two attached hydrogens (primary N) is 1. The third-order valence-electron chi connectivity index (χ3n) is 2.09. The van der Waals surface area contributed by atoms with Crippen LogP contribution in [0.5, 0.6) is 0 Å². The molecule has 0 atom stereocenters. The third-order valence-corrected chi connectivity index (χ3v) is 2.09. The van der Waals surface area contributed by atoms with Gasteiger partial charge in [0.2, 0.25) is 0 Å². The molecule has 7 heteroatoms. The Balaban J connectivity index is 2.62. The second-order valence-corrected chi connectivity index (χ2v) is 3.16. The lowest BCUT2D eigenvalue weighted by molar-refractivity contribution is 0.0847. The molecule has 0 unspecified atom stereocenters. The maximum absolute atomic E-state index is 11.0. The lowest BCUT2D eigenvalue weighted by Gasteiger charge is -2.05. The smallest absolute Gasteiger partial charge is 0.271 e. The Hall–Kier alpha value is -1.47. The first-order valence-corrected chi connectivity index (χ1v) is 5.11.